The third kappa shape index (κ3) is 32.6. The quantitative estimate of drug-likeness (QED) is 0.497. The van der Waals surface area contributed by atoms with Gasteiger partial charge in [0.2, 0.25) is 0 Å². The molecular formula is C8H20O4Ti. The van der Waals surface area contributed by atoms with Crippen molar-refractivity contribution >= 4 is 0 Å². The van der Waals surface area contributed by atoms with E-state index in [1.54, 1.807) is 14.2 Å². The smallest absolute Gasteiger partial charge is 0.0484 e. The van der Waals surface area contributed by atoms with Crippen molar-refractivity contribution in [3.05, 3.63) is 0 Å². The summed E-state index contributed by atoms with van der Waals surface area (Å²) in [6.07, 6.45) is 1.49. The molecule has 4 nitrogen and oxygen atoms in total. The molecule has 0 fully saturated rings. The minimum absolute atomic E-state index is 0. The molecule has 0 aliphatic carbocycles. The Labute approximate surface area is 95.1 Å². The summed E-state index contributed by atoms with van der Waals surface area (Å²) >= 11 is 0. The number of hydrogen-bond donors (Lipinski definition) is 2. The van der Waals surface area contributed by atoms with Gasteiger partial charge in [-0.3, -0.25) is 0 Å². The molecule has 0 aliphatic heterocycles. The van der Waals surface area contributed by atoms with Gasteiger partial charge in [0.15, 0.2) is 0 Å². The Hall–Kier alpha value is 0.554. The summed E-state index contributed by atoms with van der Waals surface area (Å²) < 4.78 is 9.24. The molecule has 80 valence electrons. The van der Waals surface area contributed by atoms with E-state index < -0.39 is 0 Å². The molecule has 0 atom stereocenters. The topological polar surface area (TPSA) is 58.9 Å². The minimum atomic E-state index is 0. The first-order chi connectivity index (χ1) is 5.83. The zero-order valence-electron chi connectivity index (χ0n) is 8.45. The van der Waals surface area contributed by atoms with Gasteiger partial charge >= 0.3 is 0 Å². The van der Waals surface area contributed by atoms with Crippen molar-refractivity contribution in [2.45, 2.75) is 12.8 Å². The monoisotopic (exact) mass is 228 g/mol. The van der Waals surface area contributed by atoms with Crippen LogP contribution in [0.3, 0.4) is 0 Å². The van der Waals surface area contributed by atoms with E-state index in [-0.39, 0.29) is 34.9 Å². The van der Waals surface area contributed by atoms with Crippen LogP contribution < -0.4 is 0 Å². The molecule has 0 radical (unpaired) electrons. The maximum absolute atomic E-state index is 8.12. The molecule has 0 saturated heterocycles. The number of aliphatic hydroxyl groups is 2. The molecule has 0 aromatic carbocycles. The van der Waals surface area contributed by atoms with E-state index in [1.807, 2.05) is 0 Å². The SMILES string of the molecule is COCCCO.COCCCO.[Ti]. The Balaban J connectivity index is -0.000000143. The van der Waals surface area contributed by atoms with E-state index in [4.69, 9.17) is 10.2 Å². The van der Waals surface area contributed by atoms with Gasteiger partial charge in [-0.1, -0.05) is 0 Å². The minimum Gasteiger partial charge on any atom is -0.396 e. The maximum Gasteiger partial charge on any atom is 0.0484 e. The van der Waals surface area contributed by atoms with Crippen molar-refractivity contribution in [1.82, 2.24) is 0 Å². The molecule has 0 amide bonds. The van der Waals surface area contributed by atoms with Crippen molar-refractivity contribution in [2.24, 2.45) is 0 Å². The Morgan fingerprint density at radius 2 is 1.15 bits per heavy atom. The average molecular weight is 228 g/mol. The maximum atomic E-state index is 8.12. The van der Waals surface area contributed by atoms with Crippen LogP contribution in [-0.4, -0.2) is 50.9 Å². The van der Waals surface area contributed by atoms with E-state index >= 15 is 0 Å². The first-order valence-corrected chi connectivity index (χ1v) is 4.03. The second-order valence-corrected chi connectivity index (χ2v) is 2.14. The zero-order chi connectivity index (χ0) is 9.66. The van der Waals surface area contributed by atoms with Gasteiger partial charge in [-0.25, -0.2) is 0 Å². The van der Waals surface area contributed by atoms with Crippen molar-refractivity contribution in [3.63, 3.8) is 0 Å². The molecule has 0 aromatic rings. The fraction of sp³-hybridized carbons (Fsp3) is 1.00. The molecule has 0 heterocycles. The van der Waals surface area contributed by atoms with E-state index in [2.05, 4.69) is 9.47 Å². The predicted molar refractivity (Wildman–Crippen MR) is 47.2 cm³/mol. The first-order valence-electron chi connectivity index (χ1n) is 4.03. The summed E-state index contributed by atoms with van der Waals surface area (Å²) in [5.74, 6) is 0. The van der Waals surface area contributed by atoms with Crippen molar-refractivity contribution in [1.29, 1.82) is 0 Å². The van der Waals surface area contributed by atoms with Crippen LogP contribution in [0.25, 0.3) is 0 Å². The van der Waals surface area contributed by atoms with Crippen LogP contribution in [0.1, 0.15) is 12.8 Å². The molecule has 2 N–H and O–H groups in total. The van der Waals surface area contributed by atoms with Crippen molar-refractivity contribution in [2.75, 3.05) is 40.6 Å². The molecular weight excluding hydrogens is 208 g/mol. The van der Waals surface area contributed by atoms with Crippen molar-refractivity contribution in [3.8, 4) is 0 Å². The summed E-state index contributed by atoms with van der Waals surface area (Å²) in [7, 11) is 3.24. The van der Waals surface area contributed by atoms with E-state index in [1.165, 1.54) is 0 Å². The second-order valence-electron chi connectivity index (χ2n) is 2.14. The number of hydrogen-bond acceptors (Lipinski definition) is 4. The van der Waals surface area contributed by atoms with Crippen LogP contribution in [0.2, 0.25) is 0 Å². The third-order valence-corrected chi connectivity index (χ3v) is 1.01. The molecule has 5 heteroatoms. The van der Waals surface area contributed by atoms with Crippen molar-refractivity contribution < 1.29 is 41.4 Å². The molecule has 13 heavy (non-hydrogen) atoms. The Morgan fingerprint density at radius 3 is 1.23 bits per heavy atom. The Bertz CT molecular complexity index is 48.1. The molecule has 0 rings (SSSR count). The Morgan fingerprint density at radius 1 is 0.846 bits per heavy atom. The number of rotatable bonds is 6. The molecule has 0 aromatic heterocycles. The van der Waals surface area contributed by atoms with Crippen LogP contribution >= 0.6 is 0 Å². The molecule has 0 saturated carbocycles. The van der Waals surface area contributed by atoms with Crippen LogP contribution in [0.15, 0.2) is 0 Å². The predicted octanol–water partition coefficient (Wildman–Crippen LogP) is 0.0279. The average Bonchev–Trinajstić information content (AvgIpc) is 2.12. The van der Waals surface area contributed by atoms with E-state index in [0.29, 0.717) is 13.2 Å². The molecule has 0 spiro atoms. The van der Waals surface area contributed by atoms with Gasteiger partial charge in [-0.2, -0.15) is 0 Å². The molecule has 0 aliphatic rings. The van der Waals surface area contributed by atoms with Gasteiger partial charge < -0.3 is 19.7 Å². The van der Waals surface area contributed by atoms with Gasteiger partial charge in [0.1, 0.15) is 0 Å². The fourth-order valence-corrected chi connectivity index (χ4v) is 0.418. The summed E-state index contributed by atoms with van der Waals surface area (Å²) in [6, 6.07) is 0. The number of ether oxygens (including phenoxy) is 2. The summed E-state index contributed by atoms with van der Waals surface area (Å²) in [5.41, 5.74) is 0. The van der Waals surface area contributed by atoms with Crippen LogP contribution in [0.5, 0.6) is 0 Å². The zero-order valence-corrected chi connectivity index (χ0v) is 10.0. The Kier molecular flexibility index (Phi) is 33.8. The van der Waals surface area contributed by atoms with Crippen LogP contribution in [-0.2, 0) is 31.2 Å². The molecule has 0 bridgehead atoms. The first kappa shape index (κ1) is 19.2. The van der Waals surface area contributed by atoms with Crippen LogP contribution in [0, 0.1) is 0 Å². The summed E-state index contributed by atoms with van der Waals surface area (Å²) in [4.78, 5) is 0. The number of aliphatic hydroxyl groups excluding tert-OH is 2. The van der Waals surface area contributed by atoms with Gasteiger partial charge in [0, 0.05) is 62.4 Å². The largest absolute Gasteiger partial charge is 0.396 e. The number of methoxy groups -OCH3 is 2. The summed E-state index contributed by atoms with van der Waals surface area (Å²) in [6.45, 7) is 1.79. The second kappa shape index (κ2) is 22.9. The van der Waals surface area contributed by atoms with Gasteiger partial charge in [0.25, 0.3) is 0 Å². The van der Waals surface area contributed by atoms with E-state index in [0.717, 1.165) is 12.8 Å². The van der Waals surface area contributed by atoms with Gasteiger partial charge in [-0.05, 0) is 12.8 Å². The van der Waals surface area contributed by atoms with Gasteiger partial charge in [-0.15, -0.1) is 0 Å². The standard InChI is InChI=1S/2C4H10O2.Ti/c2*1-6-4-2-3-5;/h2*5H,2-4H2,1H3;. The summed E-state index contributed by atoms with van der Waals surface area (Å²) in [5, 5.41) is 16.2. The fourth-order valence-electron chi connectivity index (χ4n) is 0.418. The van der Waals surface area contributed by atoms with Gasteiger partial charge in [0.05, 0.1) is 0 Å². The van der Waals surface area contributed by atoms with Crippen LogP contribution in [0.4, 0.5) is 0 Å². The normalized spacial score (nSPS) is 8.31. The molecule has 0 unspecified atom stereocenters. The third-order valence-electron chi connectivity index (χ3n) is 1.01. The van der Waals surface area contributed by atoms with E-state index in [9.17, 15) is 0 Å².